The zero-order valence-corrected chi connectivity index (χ0v) is 14.5. The molecule has 0 unspecified atom stereocenters. The summed E-state index contributed by atoms with van der Waals surface area (Å²) in [7, 11) is 0. The van der Waals surface area contributed by atoms with E-state index in [0.717, 1.165) is 49.7 Å². The SMILES string of the molecule is Cc1nc2c(c3c1[nH]c1ccc(Br)cc13)C(=O)CC(C)(C)C2. The van der Waals surface area contributed by atoms with Crippen LogP contribution in [0.3, 0.4) is 0 Å². The molecule has 0 bridgehead atoms. The molecule has 3 aromatic rings. The molecule has 0 aliphatic heterocycles. The number of aromatic nitrogens is 2. The van der Waals surface area contributed by atoms with Gasteiger partial charge < -0.3 is 4.98 Å². The average molecular weight is 357 g/mol. The summed E-state index contributed by atoms with van der Waals surface area (Å²) < 4.78 is 1.02. The molecule has 0 amide bonds. The Balaban J connectivity index is 2.18. The molecule has 3 nitrogen and oxygen atoms in total. The van der Waals surface area contributed by atoms with Crippen molar-refractivity contribution in [1.29, 1.82) is 0 Å². The first-order valence-electron chi connectivity index (χ1n) is 7.49. The third kappa shape index (κ3) is 1.93. The fourth-order valence-electron chi connectivity index (χ4n) is 3.62. The lowest BCUT2D eigenvalue weighted by molar-refractivity contribution is 0.0912. The van der Waals surface area contributed by atoms with Crippen LogP contribution in [0.1, 0.15) is 42.0 Å². The lowest BCUT2D eigenvalue weighted by Crippen LogP contribution is -2.28. The maximum atomic E-state index is 12.8. The van der Waals surface area contributed by atoms with Gasteiger partial charge in [0.15, 0.2) is 5.78 Å². The number of carbonyl (C=O) groups excluding carboxylic acids is 1. The predicted molar refractivity (Wildman–Crippen MR) is 92.5 cm³/mol. The number of rotatable bonds is 0. The van der Waals surface area contributed by atoms with Crippen molar-refractivity contribution >= 4 is 43.5 Å². The molecule has 2 heterocycles. The number of nitrogens with zero attached hydrogens (tertiary/aromatic N) is 1. The van der Waals surface area contributed by atoms with E-state index in [4.69, 9.17) is 4.98 Å². The van der Waals surface area contributed by atoms with E-state index in [1.54, 1.807) is 0 Å². The number of pyridine rings is 1. The molecule has 22 heavy (non-hydrogen) atoms. The van der Waals surface area contributed by atoms with Crippen molar-refractivity contribution in [2.24, 2.45) is 5.41 Å². The van der Waals surface area contributed by atoms with Gasteiger partial charge in [-0.05, 0) is 37.0 Å². The molecule has 1 N–H and O–H groups in total. The zero-order chi connectivity index (χ0) is 15.6. The number of Topliss-reactive ketones (excluding diaryl/α,β-unsaturated/α-hetero) is 1. The zero-order valence-electron chi connectivity index (χ0n) is 12.9. The molecule has 4 heteroatoms. The Morgan fingerprint density at radius 3 is 2.82 bits per heavy atom. The first kappa shape index (κ1) is 13.9. The topological polar surface area (TPSA) is 45.8 Å². The second-order valence-electron chi connectivity index (χ2n) is 7.02. The second-order valence-corrected chi connectivity index (χ2v) is 7.94. The third-order valence-corrected chi connectivity index (χ3v) is 5.02. The van der Waals surface area contributed by atoms with Gasteiger partial charge in [0.2, 0.25) is 0 Å². The summed E-state index contributed by atoms with van der Waals surface area (Å²) in [6, 6.07) is 6.14. The molecule has 0 fully saturated rings. The average Bonchev–Trinajstić information content (AvgIpc) is 2.76. The normalized spacial score (nSPS) is 17.2. The number of hydrogen-bond donors (Lipinski definition) is 1. The first-order chi connectivity index (χ1) is 10.4. The first-order valence-corrected chi connectivity index (χ1v) is 8.29. The summed E-state index contributed by atoms with van der Waals surface area (Å²) in [4.78, 5) is 21.0. The highest BCUT2D eigenvalue weighted by molar-refractivity contribution is 9.10. The number of ketones is 1. The van der Waals surface area contributed by atoms with Crippen LogP contribution >= 0.6 is 15.9 Å². The van der Waals surface area contributed by atoms with Gasteiger partial charge >= 0.3 is 0 Å². The summed E-state index contributed by atoms with van der Waals surface area (Å²) >= 11 is 3.54. The van der Waals surface area contributed by atoms with E-state index in [9.17, 15) is 4.79 Å². The fourth-order valence-corrected chi connectivity index (χ4v) is 3.98. The number of nitrogens with one attached hydrogen (secondary N) is 1. The maximum Gasteiger partial charge on any atom is 0.165 e. The van der Waals surface area contributed by atoms with Crippen molar-refractivity contribution in [2.75, 3.05) is 0 Å². The van der Waals surface area contributed by atoms with Gasteiger partial charge in [0.1, 0.15) is 0 Å². The van der Waals surface area contributed by atoms with E-state index < -0.39 is 0 Å². The molecule has 0 spiro atoms. The van der Waals surface area contributed by atoms with Gasteiger partial charge in [0.05, 0.1) is 16.9 Å². The van der Waals surface area contributed by atoms with E-state index in [1.807, 2.05) is 19.1 Å². The minimum absolute atomic E-state index is 0.0100. The molecular formula is C18H17BrN2O. The molecular weight excluding hydrogens is 340 g/mol. The van der Waals surface area contributed by atoms with Gasteiger partial charge in [-0.3, -0.25) is 9.78 Å². The van der Waals surface area contributed by atoms with Crippen LogP contribution in [0, 0.1) is 12.3 Å². The van der Waals surface area contributed by atoms with Crippen LogP contribution in [-0.4, -0.2) is 15.8 Å². The van der Waals surface area contributed by atoms with Gasteiger partial charge in [-0.15, -0.1) is 0 Å². The van der Waals surface area contributed by atoms with Crippen LogP contribution in [0.15, 0.2) is 22.7 Å². The molecule has 1 aromatic carbocycles. The molecule has 2 aromatic heterocycles. The quantitative estimate of drug-likeness (QED) is 0.619. The molecule has 0 atom stereocenters. The number of hydrogen-bond acceptors (Lipinski definition) is 2. The smallest absolute Gasteiger partial charge is 0.165 e. The van der Waals surface area contributed by atoms with Crippen molar-refractivity contribution in [2.45, 2.75) is 33.6 Å². The van der Waals surface area contributed by atoms with Crippen LogP contribution in [0.2, 0.25) is 0 Å². The molecule has 1 aliphatic rings. The lowest BCUT2D eigenvalue weighted by Gasteiger charge is -2.30. The van der Waals surface area contributed by atoms with Crippen LogP contribution in [0.4, 0.5) is 0 Å². The summed E-state index contributed by atoms with van der Waals surface area (Å²) in [6.07, 6.45) is 1.44. The lowest BCUT2D eigenvalue weighted by atomic mass is 9.74. The van der Waals surface area contributed by atoms with Crippen molar-refractivity contribution in [3.8, 4) is 0 Å². The monoisotopic (exact) mass is 356 g/mol. The van der Waals surface area contributed by atoms with E-state index in [2.05, 4.69) is 40.8 Å². The third-order valence-electron chi connectivity index (χ3n) is 4.53. The Hall–Kier alpha value is -1.68. The molecule has 4 rings (SSSR count). The Kier molecular flexibility index (Phi) is 2.80. The van der Waals surface area contributed by atoms with E-state index >= 15 is 0 Å². The number of fused-ring (bicyclic) bond motifs is 5. The number of benzene rings is 1. The van der Waals surface area contributed by atoms with Crippen LogP contribution in [0.25, 0.3) is 21.8 Å². The van der Waals surface area contributed by atoms with Crippen molar-refractivity contribution in [1.82, 2.24) is 9.97 Å². The number of halogens is 1. The van der Waals surface area contributed by atoms with Crippen molar-refractivity contribution < 1.29 is 4.79 Å². The highest BCUT2D eigenvalue weighted by Gasteiger charge is 2.34. The van der Waals surface area contributed by atoms with E-state index in [-0.39, 0.29) is 11.2 Å². The minimum Gasteiger partial charge on any atom is -0.353 e. The highest BCUT2D eigenvalue weighted by Crippen LogP contribution is 2.40. The number of aromatic amines is 1. The van der Waals surface area contributed by atoms with E-state index in [0.29, 0.717) is 6.42 Å². The van der Waals surface area contributed by atoms with Crippen LogP contribution in [0.5, 0.6) is 0 Å². The predicted octanol–water partition coefficient (Wildman–Crippen LogP) is 4.94. The van der Waals surface area contributed by atoms with Crippen LogP contribution in [-0.2, 0) is 6.42 Å². The Bertz CT molecular complexity index is 953. The van der Waals surface area contributed by atoms with Gasteiger partial charge in [-0.2, -0.15) is 0 Å². The van der Waals surface area contributed by atoms with Gasteiger partial charge in [0, 0.05) is 32.7 Å². The molecule has 1 aliphatic carbocycles. The van der Waals surface area contributed by atoms with E-state index in [1.165, 1.54) is 0 Å². The number of carbonyl (C=O) groups is 1. The second kappa shape index (κ2) is 4.42. The van der Waals surface area contributed by atoms with Gasteiger partial charge in [-0.1, -0.05) is 29.8 Å². The highest BCUT2D eigenvalue weighted by atomic mass is 79.9. The fraction of sp³-hybridized carbons (Fsp3) is 0.333. The summed E-state index contributed by atoms with van der Waals surface area (Å²) in [5.41, 5.74) is 4.76. The Labute approximate surface area is 137 Å². The molecule has 112 valence electrons. The number of aryl methyl sites for hydroxylation is 1. The summed E-state index contributed by atoms with van der Waals surface area (Å²) in [5.74, 6) is 0.213. The molecule has 0 radical (unpaired) electrons. The largest absolute Gasteiger partial charge is 0.353 e. The Morgan fingerprint density at radius 1 is 1.27 bits per heavy atom. The number of H-pyrrole nitrogens is 1. The van der Waals surface area contributed by atoms with Crippen molar-refractivity contribution in [3.05, 3.63) is 39.6 Å². The Morgan fingerprint density at radius 2 is 2.05 bits per heavy atom. The van der Waals surface area contributed by atoms with Gasteiger partial charge in [-0.25, -0.2) is 0 Å². The van der Waals surface area contributed by atoms with Crippen molar-refractivity contribution in [3.63, 3.8) is 0 Å². The summed E-state index contributed by atoms with van der Waals surface area (Å²) in [6.45, 7) is 6.29. The standard InChI is InChI=1S/C18H17BrN2O/c1-9-17-15(11-6-10(19)4-5-12(11)21-17)16-13(20-9)7-18(2,3)8-14(16)22/h4-6,21H,7-8H2,1-3H3. The van der Waals surface area contributed by atoms with Gasteiger partial charge in [0.25, 0.3) is 0 Å². The van der Waals surface area contributed by atoms with Crippen LogP contribution < -0.4 is 0 Å². The summed E-state index contributed by atoms with van der Waals surface area (Å²) in [5, 5.41) is 2.14. The minimum atomic E-state index is -0.0100. The molecule has 0 saturated heterocycles. The molecule has 0 saturated carbocycles. The maximum absolute atomic E-state index is 12.8.